The highest BCUT2D eigenvalue weighted by atomic mass is 35.5. The van der Waals surface area contributed by atoms with Gasteiger partial charge in [-0.3, -0.25) is 4.79 Å². The van der Waals surface area contributed by atoms with Gasteiger partial charge in [-0.05, 0) is 43.7 Å². The first-order valence-electron chi connectivity index (χ1n) is 6.45. The summed E-state index contributed by atoms with van der Waals surface area (Å²) in [6, 6.07) is 12.5. The van der Waals surface area contributed by atoms with Crippen LogP contribution in [-0.2, 0) is 4.79 Å². The van der Waals surface area contributed by atoms with E-state index in [0.717, 1.165) is 11.3 Å². The van der Waals surface area contributed by atoms with Crippen LogP contribution in [0, 0.1) is 6.92 Å². The summed E-state index contributed by atoms with van der Waals surface area (Å²) in [5.74, 6) is 0.267. The number of halogens is 2. The lowest BCUT2D eigenvalue weighted by Gasteiger charge is -2.15. The molecule has 21 heavy (non-hydrogen) atoms. The SMILES string of the molecule is Cc1cccc(NC(=O)C(C)Oc2ccc(Cl)c(Cl)c2)c1. The highest BCUT2D eigenvalue weighted by molar-refractivity contribution is 6.42. The van der Waals surface area contributed by atoms with E-state index in [2.05, 4.69) is 5.32 Å². The lowest BCUT2D eigenvalue weighted by molar-refractivity contribution is -0.122. The van der Waals surface area contributed by atoms with Crippen molar-refractivity contribution >= 4 is 34.8 Å². The molecule has 3 nitrogen and oxygen atoms in total. The topological polar surface area (TPSA) is 38.3 Å². The maximum absolute atomic E-state index is 12.1. The zero-order valence-electron chi connectivity index (χ0n) is 11.7. The molecule has 0 radical (unpaired) electrons. The van der Waals surface area contributed by atoms with Gasteiger partial charge in [0.15, 0.2) is 6.10 Å². The van der Waals surface area contributed by atoms with Crippen LogP contribution >= 0.6 is 23.2 Å². The Bertz CT molecular complexity index is 658. The second-order valence-corrected chi connectivity index (χ2v) is 5.51. The van der Waals surface area contributed by atoms with Crippen molar-refractivity contribution in [3.8, 4) is 5.75 Å². The molecule has 110 valence electrons. The Hall–Kier alpha value is -1.71. The normalized spacial score (nSPS) is 11.8. The molecule has 0 saturated carbocycles. The van der Waals surface area contributed by atoms with Crippen LogP contribution in [0.3, 0.4) is 0 Å². The number of nitrogens with one attached hydrogen (secondary N) is 1. The maximum Gasteiger partial charge on any atom is 0.265 e. The molecule has 0 aliphatic heterocycles. The van der Waals surface area contributed by atoms with Gasteiger partial charge in [0.05, 0.1) is 10.0 Å². The number of rotatable bonds is 4. The third kappa shape index (κ3) is 4.38. The van der Waals surface area contributed by atoms with Gasteiger partial charge in [-0.25, -0.2) is 0 Å². The van der Waals surface area contributed by atoms with E-state index in [0.29, 0.717) is 15.8 Å². The number of benzene rings is 2. The number of carbonyl (C=O) groups is 1. The first-order valence-corrected chi connectivity index (χ1v) is 7.20. The van der Waals surface area contributed by atoms with Gasteiger partial charge in [0.2, 0.25) is 0 Å². The van der Waals surface area contributed by atoms with E-state index < -0.39 is 6.10 Å². The third-order valence-corrected chi connectivity index (χ3v) is 3.60. The minimum Gasteiger partial charge on any atom is -0.481 e. The summed E-state index contributed by atoms with van der Waals surface area (Å²) in [4.78, 5) is 12.1. The van der Waals surface area contributed by atoms with Crippen molar-refractivity contribution < 1.29 is 9.53 Å². The lowest BCUT2D eigenvalue weighted by Crippen LogP contribution is -2.30. The minimum absolute atomic E-state index is 0.230. The zero-order valence-corrected chi connectivity index (χ0v) is 13.2. The number of anilines is 1. The van der Waals surface area contributed by atoms with E-state index in [9.17, 15) is 4.79 Å². The van der Waals surface area contributed by atoms with Crippen LogP contribution in [0.25, 0.3) is 0 Å². The Morgan fingerprint density at radius 3 is 2.57 bits per heavy atom. The summed E-state index contributed by atoms with van der Waals surface area (Å²) < 4.78 is 5.56. The Labute approximate surface area is 133 Å². The fraction of sp³-hybridized carbons (Fsp3) is 0.188. The van der Waals surface area contributed by atoms with Gasteiger partial charge in [-0.15, -0.1) is 0 Å². The summed E-state index contributed by atoms with van der Waals surface area (Å²) in [5, 5.41) is 3.64. The van der Waals surface area contributed by atoms with Crippen molar-refractivity contribution in [1.29, 1.82) is 0 Å². The summed E-state index contributed by atoms with van der Waals surface area (Å²) in [5.41, 5.74) is 1.82. The van der Waals surface area contributed by atoms with Gasteiger partial charge in [0, 0.05) is 11.8 Å². The van der Waals surface area contributed by atoms with Crippen LogP contribution in [0.2, 0.25) is 10.0 Å². The smallest absolute Gasteiger partial charge is 0.265 e. The largest absolute Gasteiger partial charge is 0.481 e. The first kappa shape index (κ1) is 15.7. The molecule has 2 rings (SSSR count). The molecule has 0 aromatic heterocycles. The molecule has 0 fully saturated rings. The molecular weight excluding hydrogens is 309 g/mol. The second-order valence-electron chi connectivity index (χ2n) is 4.69. The average Bonchev–Trinajstić information content (AvgIpc) is 2.43. The van der Waals surface area contributed by atoms with Gasteiger partial charge >= 0.3 is 0 Å². The lowest BCUT2D eigenvalue weighted by atomic mass is 10.2. The summed E-state index contributed by atoms with van der Waals surface area (Å²) in [6.45, 7) is 3.64. The van der Waals surface area contributed by atoms with E-state index in [1.807, 2.05) is 31.2 Å². The van der Waals surface area contributed by atoms with Gasteiger partial charge < -0.3 is 10.1 Å². The Morgan fingerprint density at radius 2 is 1.90 bits per heavy atom. The predicted octanol–water partition coefficient (Wildman–Crippen LogP) is 4.71. The number of ether oxygens (including phenoxy) is 1. The van der Waals surface area contributed by atoms with Crippen LogP contribution in [0.15, 0.2) is 42.5 Å². The highest BCUT2D eigenvalue weighted by Gasteiger charge is 2.15. The first-order chi connectivity index (χ1) is 9.95. The quantitative estimate of drug-likeness (QED) is 0.885. The molecule has 0 aliphatic carbocycles. The van der Waals surface area contributed by atoms with Crippen molar-refractivity contribution in [2.75, 3.05) is 5.32 Å². The van der Waals surface area contributed by atoms with Crippen molar-refractivity contribution in [3.05, 3.63) is 58.1 Å². The molecule has 5 heteroatoms. The molecule has 1 unspecified atom stereocenters. The van der Waals surface area contributed by atoms with E-state index in [4.69, 9.17) is 27.9 Å². The second kappa shape index (κ2) is 6.83. The number of hydrogen-bond donors (Lipinski definition) is 1. The van der Waals surface area contributed by atoms with E-state index in [-0.39, 0.29) is 5.91 Å². The van der Waals surface area contributed by atoms with Crippen molar-refractivity contribution in [2.45, 2.75) is 20.0 Å². The number of amides is 1. The molecule has 0 heterocycles. The highest BCUT2D eigenvalue weighted by Crippen LogP contribution is 2.27. The molecule has 2 aromatic carbocycles. The molecule has 1 atom stereocenters. The van der Waals surface area contributed by atoms with E-state index in [1.54, 1.807) is 25.1 Å². The van der Waals surface area contributed by atoms with Crippen LogP contribution in [0.1, 0.15) is 12.5 Å². The van der Waals surface area contributed by atoms with Gasteiger partial charge in [-0.2, -0.15) is 0 Å². The molecule has 0 spiro atoms. The zero-order chi connectivity index (χ0) is 15.4. The minimum atomic E-state index is -0.650. The van der Waals surface area contributed by atoms with Crippen LogP contribution < -0.4 is 10.1 Å². The van der Waals surface area contributed by atoms with E-state index in [1.165, 1.54) is 0 Å². The predicted molar refractivity (Wildman–Crippen MR) is 86.4 cm³/mol. The summed E-state index contributed by atoms with van der Waals surface area (Å²) in [7, 11) is 0. The summed E-state index contributed by atoms with van der Waals surface area (Å²) in [6.07, 6.45) is -0.650. The molecular formula is C16H15Cl2NO2. The van der Waals surface area contributed by atoms with E-state index >= 15 is 0 Å². The van der Waals surface area contributed by atoms with Crippen LogP contribution in [0.4, 0.5) is 5.69 Å². The van der Waals surface area contributed by atoms with Gasteiger partial charge in [0.1, 0.15) is 5.75 Å². The monoisotopic (exact) mass is 323 g/mol. The molecule has 1 amide bonds. The van der Waals surface area contributed by atoms with Crippen molar-refractivity contribution in [2.24, 2.45) is 0 Å². The molecule has 0 saturated heterocycles. The molecule has 1 N–H and O–H groups in total. The van der Waals surface area contributed by atoms with Gasteiger partial charge in [0.25, 0.3) is 5.91 Å². The van der Waals surface area contributed by atoms with Crippen molar-refractivity contribution in [1.82, 2.24) is 0 Å². The number of hydrogen-bond acceptors (Lipinski definition) is 2. The summed E-state index contributed by atoms with van der Waals surface area (Å²) >= 11 is 11.7. The number of carbonyl (C=O) groups excluding carboxylic acids is 1. The fourth-order valence-electron chi connectivity index (χ4n) is 1.77. The third-order valence-electron chi connectivity index (χ3n) is 2.86. The molecule has 0 aliphatic rings. The fourth-order valence-corrected chi connectivity index (χ4v) is 2.06. The van der Waals surface area contributed by atoms with Crippen LogP contribution in [-0.4, -0.2) is 12.0 Å². The molecule has 0 bridgehead atoms. The molecule has 2 aromatic rings. The van der Waals surface area contributed by atoms with Crippen LogP contribution in [0.5, 0.6) is 5.75 Å². The number of aryl methyl sites for hydroxylation is 1. The van der Waals surface area contributed by atoms with Crippen molar-refractivity contribution in [3.63, 3.8) is 0 Å². The average molecular weight is 324 g/mol. The Balaban J connectivity index is 2.00. The standard InChI is InChI=1S/C16H15Cl2NO2/c1-10-4-3-5-12(8-10)19-16(20)11(2)21-13-6-7-14(17)15(18)9-13/h3-9,11H,1-2H3,(H,19,20). The Kier molecular flexibility index (Phi) is 5.10. The van der Waals surface area contributed by atoms with Gasteiger partial charge in [-0.1, -0.05) is 35.3 Å². The maximum atomic E-state index is 12.1. The Morgan fingerprint density at radius 1 is 1.14 bits per heavy atom.